The minimum atomic E-state index is -2.61. The number of thiophene rings is 1. The molecular weight excluding hydrogens is 599 g/mol. The second kappa shape index (κ2) is 11.6. The number of halogens is 1. The molecule has 228 valence electrons. The third-order valence-electron chi connectivity index (χ3n) is 8.88. The maximum absolute atomic E-state index is 13.3. The minimum Gasteiger partial charge on any atom is -0.494 e. The van der Waals surface area contributed by atoms with Crippen molar-refractivity contribution in [3.8, 4) is 5.75 Å². The van der Waals surface area contributed by atoms with Crippen LogP contribution in [-0.4, -0.2) is 67.5 Å². The van der Waals surface area contributed by atoms with Gasteiger partial charge in [-0.15, -0.1) is 11.3 Å². The number of nitrogens with zero attached hydrogens (tertiary/aromatic N) is 4. The van der Waals surface area contributed by atoms with Gasteiger partial charge in [0.2, 0.25) is 5.95 Å². The van der Waals surface area contributed by atoms with Gasteiger partial charge in [-0.05, 0) is 87.6 Å². The fourth-order valence-corrected chi connectivity index (χ4v) is 8.97. The first kappa shape index (κ1) is 30.2. The SMILES string of the molecule is COc1cc(N2CCC3(CC2)CN(C(C)C)C3)c(C)cc1Nc1ncc(Cl)c(Nc2ccc3sccc3c2P(C)(C)=O)n1. The number of ether oxygens (including phenoxy) is 1. The van der Waals surface area contributed by atoms with Gasteiger partial charge in [0.15, 0.2) is 5.82 Å². The molecular formula is C32H40ClN6O2PS. The number of piperidine rings is 1. The Kier molecular flexibility index (Phi) is 8.14. The summed E-state index contributed by atoms with van der Waals surface area (Å²) in [5.41, 5.74) is 4.37. The van der Waals surface area contributed by atoms with Gasteiger partial charge in [-0.1, -0.05) is 11.6 Å². The number of aryl methyl sites for hydroxylation is 1. The van der Waals surface area contributed by atoms with Crippen molar-refractivity contribution in [2.45, 2.75) is 39.7 Å². The van der Waals surface area contributed by atoms with Crippen LogP contribution < -0.4 is 25.6 Å². The lowest BCUT2D eigenvalue weighted by atomic mass is 9.71. The Bertz CT molecular complexity index is 1700. The first-order valence-corrected chi connectivity index (χ1v) is 18.6. The molecule has 2 aromatic carbocycles. The zero-order chi connectivity index (χ0) is 30.5. The Morgan fingerprint density at radius 3 is 2.51 bits per heavy atom. The van der Waals surface area contributed by atoms with E-state index in [4.69, 9.17) is 21.3 Å². The predicted molar refractivity (Wildman–Crippen MR) is 183 cm³/mol. The second-order valence-electron chi connectivity index (χ2n) is 12.6. The highest BCUT2D eigenvalue weighted by Gasteiger charge is 2.45. The van der Waals surface area contributed by atoms with Crippen LogP contribution >= 0.6 is 30.1 Å². The zero-order valence-electron chi connectivity index (χ0n) is 25.7. The number of fused-ring (bicyclic) bond motifs is 1. The van der Waals surface area contributed by atoms with Gasteiger partial charge in [0, 0.05) is 59.4 Å². The summed E-state index contributed by atoms with van der Waals surface area (Å²) in [6, 6.07) is 10.8. The number of methoxy groups -OCH3 is 1. The lowest BCUT2D eigenvalue weighted by Gasteiger charge is -2.56. The Labute approximate surface area is 263 Å². The second-order valence-corrected chi connectivity index (χ2v) is 17.1. The van der Waals surface area contributed by atoms with E-state index < -0.39 is 7.14 Å². The van der Waals surface area contributed by atoms with Gasteiger partial charge in [0.25, 0.3) is 0 Å². The number of hydrogen-bond donors (Lipinski definition) is 2. The van der Waals surface area contributed by atoms with Crippen molar-refractivity contribution in [3.63, 3.8) is 0 Å². The molecule has 2 N–H and O–H groups in total. The van der Waals surface area contributed by atoms with Gasteiger partial charge < -0.3 is 24.8 Å². The van der Waals surface area contributed by atoms with Crippen LogP contribution in [0.5, 0.6) is 5.75 Å². The van der Waals surface area contributed by atoms with Crippen molar-refractivity contribution in [3.05, 3.63) is 52.5 Å². The Balaban J connectivity index is 1.22. The summed E-state index contributed by atoms with van der Waals surface area (Å²) in [5, 5.41) is 10.9. The quantitative estimate of drug-likeness (QED) is 0.190. The van der Waals surface area contributed by atoms with E-state index in [2.05, 4.69) is 58.3 Å². The number of benzene rings is 2. The molecule has 0 aliphatic carbocycles. The number of rotatable bonds is 8. The van der Waals surface area contributed by atoms with E-state index in [1.807, 2.05) is 23.6 Å². The van der Waals surface area contributed by atoms with Gasteiger partial charge >= 0.3 is 0 Å². The van der Waals surface area contributed by atoms with Crippen LogP contribution in [0.4, 0.5) is 28.8 Å². The molecule has 2 fully saturated rings. The Hall–Kier alpha value is -2.84. The molecule has 2 saturated heterocycles. The van der Waals surface area contributed by atoms with E-state index >= 15 is 0 Å². The highest BCUT2D eigenvalue weighted by Crippen LogP contribution is 2.45. The molecule has 2 aliphatic heterocycles. The van der Waals surface area contributed by atoms with Crippen LogP contribution in [-0.2, 0) is 4.57 Å². The summed E-state index contributed by atoms with van der Waals surface area (Å²) in [7, 11) is -0.927. The maximum atomic E-state index is 13.3. The van der Waals surface area contributed by atoms with Crippen LogP contribution in [0.3, 0.4) is 0 Å². The minimum absolute atomic E-state index is 0.369. The molecule has 11 heteroatoms. The summed E-state index contributed by atoms with van der Waals surface area (Å²) >= 11 is 8.18. The van der Waals surface area contributed by atoms with Crippen molar-refractivity contribution < 1.29 is 9.30 Å². The molecule has 6 rings (SSSR count). The van der Waals surface area contributed by atoms with Crippen LogP contribution in [0.1, 0.15) is 32.3 Å². The number of aromatic nitrogens is 2. The highest BCUT2D eigenvalue weighted by molar-refractivity contribution is 7.71. The fraction of sp³-hybridized carbons (Fsp3) is 0.438. The third kappa shape index (κ3) is 5.97. The molecule has 4 heterocycles. The lowest BCUT2D eigenvalue weighted by molar-refractivity contribution is -0.0380. The topological polar surface area (TPSA) is 82.6 Å². The molecule has 43 heavy (non-hydrogen) atoms. The molecule has 0 atom stereocenters. The zero-order valence-corrected chi connectivity index (χ0v) is 28.2. The molecule has 0 saturated carbocycles. The normalized spacial score (nSPS) is 17.0. The van der Waals surface area contributed by atoms with Gasteiger partial charge in [-0.25, -0.2) is 4.98 Å². The standard InChI is InChI=1S/C32H40ClN6O2PS/c1-20(2)39-18-32(19-39)10-12-38(13-11-32)26-16-27(41-4)25(15-21(26)3)36-31-34-17-23(33)30(37-31)35-24-7-8-28-22(9-14-43-28)29(24)42(5,6)40/h7-9,14-17,20H,10-13,18-19H2,1-6H3,(H2,34,35,36,37). The van der Waals surface area contributed by atoms with Crippen molar-refractivity contribution in [1.29, 1.82) is 0 Å². The first-order valence-electron chi connectivity index (χ1n) is 14.8. The van der Waals surface area contributed by atoms with E-state index in [0.717, 1.165) is 45.6 Å². The number of nitrogens with one attached hydrogen (secondary N) is 2. The monoisotopic (exact) mass is 638 g/mol. The number of likely N-dealkylation sites (tertiary alicyclic amines) is 1. The van der Waals surface area contributed by atoms with E-state index in [1.165, 1.54) is 37.2 Å². The van der Waals surface area contributed by atoms with E-state index in [0.29, 0.717) is 28.2 Å². The van der Waals surface area contributed by atoms with Gasteiger partial charge in [0.1, 0.15) is 17.9 Å². The average Bonchev–Trinajstić information content (AvgIpc) is 3.41. The molecule has 8 nitrogen and oxygen atoms in total. The fourth-order valence-electron chi connectivity index (χ4n) is 6.48. The molecule has 0 amide bonds. The summed E-state index contributed by atoms with van der Waals surface area (Å²) in [5.74, 6) is 1.54. The maximum Gasteiger partial charge on any atom is 0.229 e. The predicted octanol–water partition coefficient (Wildman–Crippen LogP) is 7.71. The van der Waals surface area contributed by atoms with Gasteiger partial charge in [0.05, 0.1) is 24.7 Å². The first-order chi connectivity index (χ1) is 20.5. The van der Waals surface area contributed by atoms with Crippen LogP contribution in [0, 0.1) is 12.3 Å². The molecule has 0 bridgehead atoms. The van der Waals surface area contributed by atoms with Gasteiger partial charge in [-0.2, -0.15) is 4.98 Å². The van der Waals surface area contributed by atoms with E-state index in [-0.39, 0.29) is 0 Å². The molecule has 0 radical (unpaired) electrons. The van der Waals surface area contributed by atoms with Crippen molar-refractivity contribution in [2.24, 2.45) is 5.41 Å². The van der Waals surface area contributed by atoms with Crippen molar-refractivity contribution in [2.75, 3.05) is 62.2 Å². The van der Waals surface area contributed by atoms with Crippen LogP contribution in [0.2, 0.25) is 5.02 Å². The Morgan fingerprint density at radius 1 is 1.09 bits per heavy atom. The van der Waals surface area contributed by atoms with Crippen molar-refractivity contribution in [1.82, 2.24) is 14.9 Å². The van der Waals surface area contributed by atoms with E-state index in [9.17, 15) is 4.57 Å². The van der Waals surface area contributed by atoms with E-state index in [1.54, 1.807) is 38.0 Å². The molecule has 0 unspecified atom stereocenters. The molecule has 2 aliphatic rings. The summed E-state index contributed by atoms with van der Waals surface area (Å²) in [4.78, 5) is 14.2. The molecule has 2 aromatic heterocycles. The largest absolute Gasteiger partial charge is 0.494 e. The van der Waals surface area contributed by atoms with Crippen LogP contribution in [0.15, 0.2) is 41.9 Å². The number of hydrogen-bond acceptors (Lipinski definition) is 9. The summed E-state index contributed by atoms with van der Waals surface area (Å²) < 4.78 is 20.3. The summed E-state index contributed by atoms with van der Waals surface area (Å²) in [6.45, 7) is 14.8. The van der Waals surface area contributed by atoms with Gasteiger partial charge in [-0.3, -0.25) is 4.90 Å². The lowest BCUT2D eigenvalue weighted by Crippen LogP contribution is -2.62. The van der Waals surface area contributed by atoms with Crippen LogP contribution in [0.25, 0.3) is 10.1 Å². The molecule has 4 aromatic rings. The van der Waals surface area contributed by atoms with Crippen molar-refractivity contribution >= 4 is 74.3 Å². The average molecular weight is 639 g/mol. The highest BCUT2D eigenvalue weighted by atomic mass is 35.5. The number of anilines is 5. The molecule has 1 spiro atoms. The third-order valence-corrected chi connectivity index (χ3v) is 11.6. The summed E-state index contributed by atoms with van der Waals surface area (Å²) in [6.07, 6.45) is 4.01. The smallest absolute Gasteiger partial charge is 0.229 e. The Morgan fingerprint density at radius 2 is 1.84 bits per heavy atom.